The monoisotopic (exact) mass is 281 g/mol. The first-order valence-electron chi connectivity index (χ1n) is 7.70. The second-order valence-electron chi connectivity index (χ2n) is 5.54. The van der Waals surface area contributed by atoms with Crippen LogP contribution in [-0.2, 0) is 4.74 Å². The lowest BCUT2D eigenvalue weighted by molar-refractivity contribution is 0.00859. The van der Waals surface area contributed by atoms with Crippen molar-refractivity contribution in [2.24, 2.45) is 0 Å². The van der Waals surface area contributed by atoms with Crippen LogP contribution in [0.1, 0.15) is 61.9 Å². The van der Waals surface area contributed by atoms with Crippen LogP contribution in [0.2, 0.25) is 0 Å². The van der Waals surface area contributed by atoms with E-state index in [4.69, 9.17) is 4.74 Å². The Morgan fingerprint density at radius 1 is 1.47 bits per heavy atom. The second-order valence-corrected chi connectivity index (χ2v) is 6.49. The van der Waals surface area contributed by atoms with Gasteiger partial charge in [0.15, 0.2) is 0 Å². The van der Waals surface area contributed by atoms with Crippen LogP contribution < -0.4 is 5.32 Å². The van der Waals surface area contributed by atoms with E-state index in [1.807, 2.05) is 11.3 Å². The van der Waals surface area contributed by atoms with Gasteiger partial charge in [0.2, 0.25) is 0 Å². The summed E-state index contributed by atoms with van der Waals surface area (Å²) in [6.07, 6.45) is 7.93. The molecular weight excluding hydrogens is 254 g/mol. The first-order valence-corrected chi connectivity index (χ1v) is 8.58. The normalized spacial score (nSPS) is 21.5. The van der Waals surface area contributed by atoms with E-state index in [2.05, 4.69) is 30.6 Å². The predicted octanol–water partition coefficient (Wildman–Crippen LogP) is 4.45. The van der Waals surface area contributed by atoms with E-state index in [1.165, 1.54) is 49.0 Å². The maximum absolute atomic E-state index is 5.86. The third-order valence-corrected chi connectivity index (χ3v) is 5.04. The van der Waals surface area contributed by atoms with Crippen molar-refractivity contribution < 1.29 is 4.74 Å². The molecule has 19 heavy (non-hydrogen) atoms. The molecule has 2 rings (SSSR count). The smallest absolute Gasteiger partial charge is 0.0575 e. The molecule has 0 saturated carbocycles. The summed E-state index contributed by atoms with van der Waals surface area (Å²) < 4.78 is 5.86. The molecule has 1 saturated heterocycles. The molecule has 0 bridgehead atoms. The predicted molar refractivity (Wildman–Crippen MR) is 82.9 cm³/mol. The van der Waals surface area contributed by atoms with Gasteiger partial charge in [0.25, 0.3) is 0 Å². The van der Waals surface area contributed by atoms with Crippen molar-refractivity contribution in [3.63, 3.8) is 0 Å². The molecule has 2 heterocycles. The van der Waals surface area contributed by atoms with Gasteiger partial charge in [0.05, 0.1) is 6.10 Å². The fraction of sp³-hybridized carbons (Fsp3) is 0.750. The number of hydrogen-bond donors (Lipinski definition) is 1. The van der Waals surface area contributed by atoms with Crippen LogP contribution >= 0.6 is 11.3 Å². The molecule has 0 aliphatic carbocycles. The van der Waals surface area contributed by atoms with E-state index in [1.54, 1.807) is 0 Å². The largest absolute Gasteiger partial charge is 0.378 e. The third kappa shape index (κ3) is 4.59. The van der Waals surface area contributed by atoms with Crippen molar-refractivity contribution in [2.75, 3.05) is 13.2 Å². The van der Waals surface area contributed by atoms with Crippen molar-refractivity contribution >= 4 is 11.3 Å². The van der Waals surface area contributed by atoms with Crippen molar-refractivity contribution in [1.82, 2.24) is 5.32 Å². The zero-order valence-corrected chi connectivity index (χ0v) is 13.1. The summed E-state index contributed by atoms with van der Waals surface area (Å²) in [5.41, 5.74) is 1.43. The third-order valence-electron chi connectivity index (χ3n) is 3.91. The van der Waals surface area contributed by atoms with Gasteiger partial charge in [-0.25, -0.2) is 0 Å². The summed E-state index contributed by atoms with van der Waals surface area (Å²) >= 11 is 1.89. The summed E-state index contributed by atoms with van der Waals surface area (Å²) in [6.45, 7) is 6.53. The second kappa shape index (κ2) is 8.03. The Morgan fingerprint density at radius 2 is 2.37 bits per heavy atom. The zero-order chi connectivity index (χ0) is 13.5. The lowest BCUT2D eigenvalue weighted by Crippen LogP contribution is -2.25. The average Bonchev–Trinajstić information content (AvgIpc) is 2.86. The molecule has 0 aromatic carbocycles. The highest BCUT2D eigenvalue weighted by atomic mass is 32.1. The average molecular weight is 281 g/mol. The van der Waals surface area contributed by atoms with Gasteiger partial charge in [-0.1, -0.05) is 6.92 Å². The SMILES string of the molecule is CCCNC(CCC1CCCCO1)c1sccc1C. The Balaban J connectivity index is 1.88. The summed E-state index contributed by atoms with van der Waals surface area (Å²) in [5.74, 6) is 0. The fourth-order valence-electron chi connectivity index (χ4n) is 2.77. The summed E-state index contributed by atoms with van der Waals surface area (Å²) in [6, 6.07) is 2.75. The molecule has 2 unspecified atom stereocenters. The quantitative estimate of drug-likeness (QED) is 0.797. The van der Waals surface area contributed by atoms with E-state index in [9.17, 15) is 0 Å². The Bertz CT molecular complexity index is 357. The van der Waals surface area contributed by atoms with Gasteiger partial charge >= 0.3 is 0 Å². The zero-order valence-electron chi connectivity index (χ0n) is 12.3. The molecule has 1 aromatic heterocycles. The van der Waals surface area contributed by atoms with Gasteiger partial charge in [-0.3, -0.25) is 0 Å². The fourth-order valence-corrected chi connectivity index (χ4v) is 3.81. The molecular formula is C16H27NOS. The standard InChI is InChI=1S/C16H27NOS/c1-3-10-17-15(16-13(2)9-12-19-16)8-7-14-6-4-5-11-18-14/h9,12,14-15,17H,3-8,10-11H2,1-2H3. The first kappa shape index (κ1) is 15.0. The van der Waals surface area contributed by atoms with Gasteiger partial charge < -0.3 is 10.1 Å². The van der Waals surface area contributed by atoms with Gasteiger partial charge in [-0.05, 0) is 69.0 Å². The van der Waals surface area contributed by atoms with Crippen molar-refractivity contribution in [1.29, 1.82) is 0 Å². The van der Waals surface area contributed by atoms with Crippen LogP contribution in [0.4, 0.5) is 0 Å². The van der Waals surface area contributed by atoms with E-state index >= 15 is 0 Å². The molecule has 108 valence electrons. The highest BCUT2D eigenvalue weighted by molar-refractivity contribution is 7.10. The van der Waals surface area contributed by atoms with E-state index in [0.717, 1.165) is 13.2 Å². The molecule has 1 fully saturated rings. The van der Waals surface area contributed by atoms with Crippen LogP contribution in [0.15, 0.2) is 11.4 Å². The lowest BCUT2D eigenvalue weighted by Gasteiger charge is -2.25. The molecule has 0 radical (unpaired) electrons. The van der Waals surface area contributed by atoms with Crippen molar-refractivity contribution in [3.05, 3.63) is 21.9 Å². The molecule has 1 N–H and O–H groups in total. The van der Waals surface area contributed by atoms with Gasteiger partial charge in [-0.2, -0.15) is 0 Å². The van der Waals surface area contributed by atoms with Crippen LogP contribution in [0.25, 0.3) is 0 Å². The minimum atomic E-state index is 0.500. The molecule has 2 nitrogen and oxygen atoms in total. The Morgan fingerprint density at radius 3 is 3.00 bits per heavy atom. The van der Waals surface area contributed by atoms with E-state index in [-0.39, 0.29) is 0 Å². The van der Waals surface area contributed by atoms with Crippen LogP contribution in [0.5, 0.6) is 0 Å². The molecule has 1 aromatic rings. The van der Waals surface area contributed by atoms with E-state index in [0.29, 0.717) is 12.1 Å². The highest BCUT2D eigenvalue weighted by Gasteiger charge is 2.19. The maximum Gasteiger partial charge on any atom is 0.0575 e. The Kier molecular flexibility index (Phi) is 6.35. The number of thiophene rings is 1. The summed E-state index contributed by atoms with van der Waals surface area (Å²) in [7, 11) is 0. The van der Waals surface area contributed by atoms with E-state index < -0.39 is 0 Å². The minimum Gasteiger partial charge on any atom is -0.378 e. The van der Waals surface area contributed by atoms with Gasteiger partial charge in [-0.15, -0.1) is 11.3 Å². The highest BCUT2D eigenvalue weighted by Crippen LogP contribution is 2.29. The minimum absolute atomic E-state index is 0.500. The summed E-state index contributed by atoms with van der Waals surface area (Å²) in [5, 5.41) is 5.92. The number of aryl methyl sites for hydroxylation is 1. The number of rotatable bonds is 7. The lowest BCUT2D eigenvalue weighted by atomic mass is 9.99. The molecule has 0 spiro atoms. The van der Waals surface area contributed by atoms with Crippen LogP contribution in [0, 0.1) is 6.92 Å². The van der Waals surface area contributed by atoms with Crippen molar-refractivity contribution in [3.8, 4) is 0 Å². The molecule has 2 atom stereocenters. The number of ether oxygens (including phenoxy) is 1. The van der Waals surface area contributed by atoms with Gasteiger partial charge in [0.1, 0.15) is 0 Å². The maximum atomic E-state index is 5.86. The molecule has 0 amide bonds. The van der Waals surface area contributed by atoms with Gasteiger partial charge in [0, 0.05) is 17.5 Å². The topological polar surface area (TPSA) is 21.3 Å². The van der Waals surface area contributed by atoms with Crippen LogP contribution in [-0.4, -0.2) is 19.3 Å². The molecule has 1 aliphatic heterocycles. The number of nitrogens with one attached hydrogen (secondary N) is 1. The van der Waals surface area contributed by atoms with Crippen molar-refractivity contribution in [2.45, 2.75) is 64.5 Å². The molecule has 1 aliphatic rings. The first-order chi connectivity index (χ1) is 9.31. The Labute approximate surface area is 121 Å². The Hall–Kier alpha value is -0.380. The number of hydrogen-bond acceptors (Lipinski definition) is 3. The van der Waals surface area contributed by atoms with Crippen LogP contribution in [0.3, 0.4) is 0 Å². The summed E-state index contributed by atoms with van der Waals surface area (Å²) in [4.78, 5) is 1.52. The molecule has 3 heteroatoms.